The summed E-state index contributed by atoms with van der Waals surface area (Å²) >= 11 is 20.2. The van der Waals surface area contributed by atoms with Crippen LogP contribution in [0.2, 0.25) is 14.4 Å². The van der Waals surface area contributed by atoms with Gasteiger partial charge in [-0.2, -0.15) is 0 Å². The number of carboxylic acid groups (broad SMARTS) is 1. The minimum atomic E-state index is -0.805. The van der Waals surface area contributed by atoms with Crippen molar-refractivity contribution >= 4 is 52.1 Å². The quantitative estimate of drug-likeness (QED) is 0.706. The summed E-state index contributed by atoms with van der Waals surface area (Å²) in [6.45, 7) is 0.694. The molecule has 2 heterocycles. The van der Waals surface area contributed by atoms with Crippen LogP contribution < -0.4 is 0 Å². The molecule has 2 atom stereocenters. The predicted octanol–water partition coefficient (Wildman–Crippen LogP) is 5.74. The van der Waals surface area contributed by atoms with Gasteiger partial charge in [0.2, 0.25) is 0 Å². The lowest BCUT2D eigenvalue weighted by atomic mass is 9.95. The monoisotopic (exact) mass is 403 g/mol. The zero-order valence-electron chi connectivity index (χ0n) is 12.7. The van der Waals surface area contributed by atoms with E-state index in [0.717, 1.165) is 23.3 Å². The molecule has 1 aliphatic rings. The number of likely N-dealkylation sites (tertiary alicyclic amines) is 1. The highest BCUT2D eigenvalue weighted by Gasteiger charge is 2.36. The molecule has 1 aliphatic heterocycles. The van der Waals surface area contributed by atoms with Crippen molar-refractivity contribution in [3.05, 3.63) is 55.2 Å². The van der Waals surface area contributed by atoms with E-state index in [1.165, 1.54) is 11.3 Å². The number of benzene rings is 1. The van der Waals surface area contributed by atoms with Crippen LogP contribution in [-0.2, 0) is 4.79 Å². The first-order valence-corrected chi connectivity index (χ1v) is 9.61. The molecule has 1 aromatic carbocycles. The van der Waals surface area contributed by atoms with E-state index in [-0.39, 0.29) is 6.04 Å². The molecule has 0 saturated carbocycles. The highest BCUT2D eigenvalue weighted by atomic mass is 35.5. The third-order valence-corrected chi connectivity index (χ3v) is 6.42. The van der Waals surface area contributed by atoms with Crippen molar-refractivity contribution in [2.75, 3.05) is 6.54 Å². The maximum atomic E-state index is 11.8. The van der Waals surface area contributed by atoms with Crippen molar-refractivity contribution < 1.29 is 9.90 Å². The molecule has 0 bridgehead atoms. The van der Waals surface area contributed by atoms with Gasteiger partial charge in [0.25, 0.3) is 0 Å². The zero-order chi connectivity index (χ0) is 17.3. The molecule has 0 aliphatic carbocycles. The molecular weight excluding hydrogens is 389 g/mol. The SMILES string of the molecule is O=C(O)C1CCCCN1C(c1ccc(Cl)s1)c1cccc(Cl)c1Cl. The summed E-state index contributed by atoms with van der Waals surface area (Å²) in [7, 11) is 0. The van der Waals surface area contributed by atoms with E-state index in [4.69, 9.17) is 34.8 Å². The number of carboxylic acids is 1. The first-order valence-electron chi connectivity index (χ1n) is 7.66. The van der Waals surface area contributed by atoms with E-state index in [2.05, 4.69) is 0 Å². The van der Waals surface area contributed by atoms with E-state index < -0.39 is 12.0 Å². The lowest BCUT2D eigenvalue weighted by Gasteiger charge is -2.39. The van der Waals surface area contributed by atoms with Crippen LogP contribution in [0, 0.1) is 0 Å². The molecule has 2 unspecified atom stereocenters. The van der Waals surface area contributed by atoms with Gasteiger partial charge in [-0.3, -0.25) is 9.69 Å². The first kappa shape index (κ1) is 18.0. The van der Waals surface area contributed by atoms with E-state index in [1.807, 2.05) is 29.2 Å². The fourth-order valence-corrected chi connectivity index (χ4v) is 4.84. The Balaban J connectivity index is 2.11. The van der Waals surface area contributed by atoms with Crippen molar-refractivity contribution in [1.82, 2.24) is 4.90 Å². The molecule has 0 radical (unpaired) electrons. The van der Waals surface area contributed by atoms with Crippen LogP contribution in [0.1, 0.15) is 35.7 Å². The normalized spacial score (nSPS) is 20.0. The third kappa shape index (κ3) is 3.58. The van der Waals surface area contributed by atoms with Crippen LogP contribution in [0.25, 0.3) is 0 Å². The van der Waals surface area contributed by atoms with Crippen LogP contribution in [-0.4, -0.2) is 28.6 Å². The second kappa shape index (κ2) is 7.63. The minimum absolute atomic E-state index is 0.268. The summed E-state index contributed by atoms with van der Waals surface area (Å²) in [4.78, 5) is 14.7. The average molecular weight is 405 g/mol. The van der Waals surface area contributed by atoms with Gasteiger partial charge < -0.3 is 5.11 Å². The molecule has 1 N–H and O–H groups in total. The lowest BCUT2D eigenvalue weighted by molar-refractivity contribution is -0.145. The smallest absolute Gasteiger partial charge is 0.320 e. The number of halogens is 3. The Hall–Kier alpha value is -0.780. The predicted molar refractivity (Wildman–Crippen MR) is 99.6 cm³/mol. The fraction of sp³-hybridized carbons (Fsp3) is 0.353. The summed E-state index contributed by atoms with van der Waals surface area (Å²) in [6, 6.07) is 8.42. The molecule has 0 spiro atoms. The molecule has 3 nitrogen and oxygen atoms in total. The Morgan fingerprint density at radius 3 is 2.67 bits per heavy atom. The fourth-order valence-electron chi connectivity index (χ4n) is 3.23. The molecule has 128 valence electrons. The van der Waals surface area contributed by atoms with Crippen LogP contribution in [0.4, 0.5) is 0 Å². The maximum absolute atomic E-state index is 11.8. The van der Waals surface area contributed by atoms with E-state index in [1.54, 1.807) is 6.07 Å². The second-order valence-corrected chi connectivity index (χ2v) is 8.31. The summed E-state index contributed by atoms with van der Waals surface area (Å²) in [5.74, 6) is -0.805. The third-order valence-electron chi connectivity index (χ3n) is 4.30. The summed E-state index contributed by atoms with van der Waals surface area (Å²) in [5, 5.41) is 10.6. The van der Waals surface area contributed by atoms with Crippen molar-refractivity contribution in [2.45, 2.75) is 31.3 Å². The number of hydrogen-bond acceptors (Lipinski definition) is 3. The number of aliphatic carboxylic acids is 1. The van der Waals surface area contributed by atoms with Crippen molar-refractivity contribution in [2.24, 2.45) is 0 Å². The number of piperidine rings is 1. The second-order valence-electron chi connectivity index (χ2n) is 5.78. The molecule has 7 heteroatoms. The Kier molecular flexibility index (Phi) is 5.73. The van der Waals surface area contributed by atoms with Gasteiger partial charge in [-0.15, -0.1) is 11.3 Å². The number of thiophene rings is 1. The van der Waals surface area contributed by atoms with Gasteiger partial charge in [0, 0.05) is 4.88 Å². The van der Waals surface area contributed by atoms with E-state index in [9.17, 15) is 9.90 Å². The summed E-state index contributed by atoms with van der Waals surface area (Å²) < 4.78 is 0.664. The number of hydrogen-bond donors (Lipinski definition) is 1. The standard InChI is InChI=1S/C17H16Cl3NO2S/c18-11-5-3-4-10(15(11)20)16(13-7-8-14(19)24-13)21-9-2-1-6-12(21)17(22)23/h3-5,7-8,12,16H,1-2,6,9H2,(H,22,23). The van der Waals surface area contributed by atoms with Gasteiger partial charge in [-0.1, -0.05) is 53.4 Å². The molecule has 0 amide bonds. The largest absolute Gasteiger partial charge is 0.480 e. The van der Waals surface area contributed by atoms with Crippen molar-refractivity contribution in [3.63, 3.8) is 0 Å². The van der Waals surface area contributed by atoms with E-state index >= 15 is 0 Å². The molecular formula is C17H16Cl3NO2S. The highest BCUT2D eigenvalue weighted by molar-refractivity contribution is 7.16. The Morgan fingerprint density at radius 1 is 1.21 bits per heavy atom. The zero-order valence-corrected chi connectivity index (χ0v) is 15.8. The van der Waals surface area contributed by atoms with Crippen LogP contribution in [0.5, 0.6) is 0 Å². The van der Waals surface area contributed by atoms with Gasteiger partial charge in [0.15, 0.2) is 0 Å². The maximum Gasteiger partial charge on any atom is 0.320 e. The number of carbonyl (C=O) groups is 1. The average Bonchev–Trinajstić information content (AvgIpc) is 2.98. The van der Waals surface area contributed by atoms with Gasteiger partial charge in [-0.05, 0) is 43.1 Å². The number of rotatable bonds is 4. The molecule has 1 saturated heterocycles. The molecule has 2 aromatic rings. The van der Waals surface area contributed by atoms with Crippen molar-refractivity contribution in [3.8, 4) is 0 Å². The molecule has 24 heavy (non-hydrogen) atoms. The van der Waals surface area contributed by atoms with Crippen LogP contribution in [0.3, 0.4) is 0 Å². The van der Waals surface area contributed by atoms with E-state index in [0.29, 0.717) is 27.3 Å². The van der Waals surface area contributed by atoms with Gasteiger partial charge in [-0.25, -0.2) is 0 Å². The first-order chi connectivity index (χ1) is 11.5. The number of nitrogens with zero attached hydrogens (tertiary/aromatic N) is 1. The summed E-state index contributed by atoms with van der Waals surface area (Å²) in [5.41, 5.74) is 0.816. The summed E-state index contributed by atoms with van der Waals surface area (Å²) in [6.07, 6.45) is 2.50. The molecule has 1 fully saturated rings. The molecule has 1 aromatic heterocycles. The Morgan fingerprint density at radius 2 is 2.00 bits per heavy atom. The van der Waals surface area contributed by atoms with Crippen LogP contribution in [0.15, 0.2) is 30.3 Å². The molecule has 3 rings (SSSR count). The van der Waals surface area contributed by atoms with Gasteiger partial charge >= 0.3 is 5.97 Å². The lowest BCUT2D eigenvalue weighted by Crippen LogP contribution is -2.46. The Bertz CT molecular complexity index is 749. The highest BCUT2D eigenvalue weighted by Crippen LogP contribution is 2.42. The van der Waals surface area contributed by atoms with Gasteiger partial charge in [0.1, 0.15) is 6.04 Å². The van der Waals surface area contributed by atoms with Crippen molar-refractivity contribution in [1.29, 1.82) is 0 Å². The Labute approximate surface area is 159 Å². The van der Waals surface area contributed by atoms with Gasteiger partial charge in [0.05, 0.1) is 20.4 Å². The minimum Gasteiger partial charge on any atom is -0.480 e. The van der Waals surface area contributed by atoms with Crippen LogP contribution >= 0.6 is 46.1 Å². The topological polar surface area (TPSA) is 40.5 Å².